The number of aldehydes is 1. The topological polar surface area (TPSA) is 37.3 Å². The van der Waals surface area contributed by atoms with Gasteiger partial charge >= 0.3 is 0 Å². The second-order valence-electron chi connectivity index (χ2n) is 2.45. The molecule has 0 unspecified atom stereocenters. The number of halogens is 1. The monoisotopic (exact) mass is 180 g/mol. The quantitative estimate of drug-likeness (QED) is 0.718. The summed E-state index contributed by atoms with van der Waals surface area (Å²) in [6.07, 6.45) is 3.31. The summed E-state index contributed by atoms with van der Waals surface area (Å²) in [6.45, 7) is -0.148. The fourth-order valence-electron chi connectivity index (χ4n) is 0.968. The Morgan fingerprint density at radius 1 is 1.38 bits per heavy atom. The molecule has 0 fully saturated rings. The van der Waals surface area contributed by atoms with Crippen molar-refractivity contribution in [3.05, 3.63) is 41.2 Å². The van der Waals surface area contributed by atoms with E-state index in [1.165, 1.54) is 24.3 Å². The molecule has 13 heavy (non-hydrogen) atoms. The minimum atomic E-state index is -0.554. The molecule has 0 aliphatic carbocycles. The maximum absolute atomic E-state index is 13.2. The van der Waals surface area contributed by atoms with Gasteiger partial charge in [-0.3, -0.25) is 4.79 Å². The van der Waals surface area contributed by atoms with Gasteiger partial charge < -0.3 is 5.11 Å². The Morgan fingerprint density at radius 2 is 2.08 bits per heavy atom. The van der Waals surface area contributed by atoms with Gasteiger partial charge in [0.05, 0.1) is 12.2 Å². The molecule has 0 atom stereocenters. The lowest BCUT2D eigenvalue weighted by Gasteiger charge is -1.98. The largest absolute Gasteiger partial charge is 0.392 e. The average molecular weight is 180 g/mol. The first kappa shape index (κ1) is 9.61. The molecular weight excluding hydrogens is 171 g/mol. The number of hydrogen-bond donors (Lipinski definition) is 1. The number of benzene rings is 1. The molecule has 0 radical (unpaired) electrons. The van der Waals surface area contributed by atoms with Gasteiger partial charge in [-0.25, -0.2) is 4.39 Å². The van der Waals surface area contributed by atoms with Gasteiger partial charge in [-0.05, 0) is 6.07 Å². The zero-order valence-corrected chi connectivity index (χ0v) is 6.90. The highest BCUT2D eigenvalue weighted by Gasteiger charge is 2.03. The third-order valence-electron chi connectivity index (χ3n) is 1.59. The van der Waals surface area contributed by atoms with Crippen LogP contribution in [0.15, 0.2) is 24.3 Å². The molecule has 0 aliphatic rings. The van der Waals surface area contributed by atoms with Crippen LogP contribution in [0.4, 0.5) is 4.39 Å². The number of rotatable bonds is 3. The third kappa shape index (κ3) is 2.23. The van der Waals surface area contributed by atoms with E-state index in [-0.39, 0.29) is 12.2 Å². The van der Waals surface area contributed by atoms with Crippen molar-refractivity contribution in [3.8, 4) is 0 Å². The van der Waals surface area contributed by atoms with E-state index in [0.29, 0.717) is 11.8 Å². The van der Waals surface area contributed by atoms with Gasteiger partial charge in [-0.15, -0.1) is 0 Å². The van der Waals surface area contributed by atoms with Crippen LogP contribution >= 0.6 is 0 Å². The average Bonchev–Trinajstić information content (AvgIpc) is 2.16. The van der Waals surface area contributed by atoms with Crippen LogP contribution in [0, 0.1) is 5.82 Å². The number of aliphatic hydroxyl groups is 1. The van der Waals surface area contributed by atoms with Gasteiger partial charge in [0.2, 0.25) is 0 Å². The maximum Gasteiger partial charge on any atom is 0.153 e. The van der Waals surface area contributed by atoms with Crippen LogP contribution in [0.2, 0.25) is 0 Å². The normalized spacial score (nSPS) is 10.6. The molecule has 3 heteroatoms. The molecule has 0 heterocycles. The highest BCUT2D eigenvalue weighted by Crippen LogP contribution is 2.12. The third-order valence-corrected chi connectivity index (χ3v) is 1.59. The summed E-state index contributed by atoms with van der Waals surface area (Å²) in [4.78, 5) is 10.3. The van der Waals surface area contributed by atoms with E-state index >= 15 is 0 Å². The van der Waals surface area contributed by atoms with Crippen molar-refractivity contribution in [1.29, 1.82) is 0 Å². The zero-order chi connectivity index (χ0) is 9.68. The zero-order valence-electron chi connectivity index (χ0n) is 6.90. The molecule has 0 saturated heterocycles. The smallest absolute Gasteiger partial charge is 0.153 e. The predicted octanol–water partition coefficient (Wildman–Crippen LogP) is 1.64. The molecule has 1 aromatic rings. The Balaban J connectivity index is 3.08. The summed E-state index contributed by atoms with van der Waals surface area (Å²) in [7, 11) is 0. The second-order valence-corrected chi connectivity index (χ2v) is 2.45. The summed E-state index contributed by atoms with van der Waals surface area (Å²) in [5.41, 5.74) is 0.332. The summed E-state index contributed by atoms with van der Waals surface area (Å²) >= 11 is 0. The molecular formula is C10H9FO2. The minimum Gasteiger partial charge on any atom is -0.392 e. The van der Waals surface area contributed by atoms with Crippen molar-refractivity contribution in [3.63, 3.8) is 0 Å². The van der Waals surface area contributed by atoms with E-state index in [0.717, 1.165) is 0 Å². The Labute approximate surface area is 75.3 Å². The van der Waals surface area contributed by atoms with E-state index in [2.05, 4.69) is 0 Å². The van der Waals surface area contributed by atoms with Crippen LogP contribution in [0.25, 0.3) is 6.08 Å². The lowest BCUT2D eigenvalue weighted by molar-refractivity contribution is 0.112. The molecule has 0 bridgehead atoms. The number of aliphatic hydroxyl groups excluding tert-OH is 1. The predicted molar refractivity (Wildman–Crippen MR) is 47.9 cm³/mol. The molecule has 0 saturated carbocycles. The highest BCUT2D eigenvalue weighted by molar-refractivity contribution is 5.76. The summed E-state index contributed by atoms with van der Waals surface area (Å²) in [5.74, 6) is -0.554. The second kappa shape index (κ2) is 4.52. The van der Waals surface area contributed by atoms with Crippen LogP contribution in [0.3, 0.4) is 0 Å². The van der Waals surface area contributed by atoms with E-state index in [1.807, 2.05) is 0 Å². The maximum atomic E-state index is 13.2. The molecule has 1 N–H and O–H groups in total. The van der Waals surface area contributed by atoms with E-state index < -0.39 is 5.82 Å². The molecule has 1 rings (SSSR count). The van der Waals surface area contributed by atoms with E-state index in [9.17, 15) is 9.18 Å². The van der Waals surface area contributed by atoms with Crippen LogP contribution in [0.5, 0.6) is 0 Å². The Hall–Kier alpha value is -1.48. The molecule has 1 aromatic carbocycles. The van der Waals surface area contributed by atoms with Crippen molar-refractivity contribution in [2.75, 3.05) is 6.61 Å². The van der Waals surface area contributed by atoms with Crippen LogP contribution in [0.1, 0.15) is 15.9 Å². The molecule has 68 valence electrons. The van der Waals surface area contributed by atoms with Crippen LogP contribution < -0.4 is 0 Å². The minimum absolute atomic E-state index is 0.0279. The lowest BCUT2D eigenvalue weighted by atomic mass is 10.1. The van der Waals surface area contributed by atoms with E-state index in [4.69, 9.17) is 5.11 Å². The van der Waals surface area contributed by atoms with Gasteiger partial charge in [-0.2, -0.15) is 0 Å². The van der Waals surface area contributed by atoms with Gasteiger partial charge in [0, 0.05) is 5.56 Å². The number of carbonyl (C=O) groups is 1. The Morgan fingerprint density at radius 3 is 2.69 bits per heavy atom. The Bertz CT molecular complexity index is 332. The van der Waals surface area contributed by atoms with Gasteiger partial charge in [0.15, 0.2) is 6.29 Å². The molecule has 2 nitrogen and oxygen atoms in total. The van der Waals surface area contributed by atoms with E-state index in [1.54, 1.807) is 6.07 Å². The Kier molecular flexibility index (Phi) is 3.34. The molecule has 0 aliphatic heterocycles. The summed E-state index contributed by atoms with van der Waals surface area (Å²) < 4.78 is 13.2. The first-order valence-electron chi connectivity index (χ1n) is 3.80. The molecule has 0 spiro atoms. The summed E-state index contributed by atoms with van der Waals surface area (Å²) in [6, 6.07) is 4.52. The van der Waals surface area contributed by atoms with Gasteiger partial charge in [-0.1, -0.05) is 24.3 Å². The highest BCUT2D eigenvalue weighted by atomic mass is 19.1. The van der Waals surface area contributed by atoms with Crippen molar-refractivity contribution in [2.24, 2.45) is 0 Å². The van der Waals surface area contributed by atoms with Gasteiger partial charge in [0.1, 0.15) is 5.82 Å². The summed E-state index contributed by atoms with van der Waals surface area (Å²) in [5, 5.41) is 8.47. The van der Waals surface area contributed by atoms with Crippen molar-refractivity contribution >= 4 is 12.4 Å². The fraction of sp³-hybridized carbons (Fsp3) is 0.100. The van der Waals surface area contributed by atoms with Crippen molar-refractivity contribution < 1.29 is 14.3 Å². The number of carbonyl (C=O) groups excluding carboxylic acids is 1. The lowest BCUT2D eigenvalue weighted by Crippen LogP contribution is -1.90. The van der Waals surface area contributed by atoms with Crippen LogP contribution in [-0.4, -0.2) is 18.0 Å². The molecule has 0 amide bonds. The number of hydrogen-bond acceptors (Lipinski definition) is 2. The molecule has 0 aromatic heterocycles. The first-order chi connectivity index (χ1) is 6.29. The SMILES string of the molecule is O=Cc1cccc(C=CCO)c1F. The van der Waals surface area contributed by atoms with Crippen molar-refractivity contribution in [2.45, 2.75) is 0 Å². The van der Waals surface area contributed by atoms with Crippen LogP contribution in [-0.2, 0) is 0 Å². The van der Waals surface area contributed by atoms with Crippen molar-refractivity contribution in [1.82, 2.24) is 0 Å². The standard InChI is InChI=1S/C10H9FO2/c11-10-8(5-2-6-12)3-1-4-9(10)7-13/h1-5,7,12H,6H2. The fourth-order valence-corrected chi connectivity index (χ4v) is 0.968. The first-order valence-corrected chi connectivity index (χ1v) is 3.80. The van der Waals surface area contributed by atoms with Gasteiger partial charge in [0.25, 0.3) is 0 Å².